The molecule has 7 heteroatoms. The van der Waals surface area contributed by atoms with Crippen molar-refractivity contribution in [1.82, 2.24) is 4.90 Å². The molecule has 2 aromatic rings. The van der Waals surface area contributed by atoms with Gasteiger partial charge in [0.2, 0.25) is 11.8 Å². The maximum Gasteiger partial charge on any atom is 0.228 e. The second-order valence-electron chi connectivity index (χ2n) is 7.40. The quantitative estimate of drug-likeness (QED) is 0.694. The zero-order valence-corrected chi connectivity index (χ0v) is 18.0. The Morgan fingerprint density at radius 2 is 1.76 bits per heavy atom. The number of anilines is 2. The molecule has 1 unspecified atom stereocenters. The summed E-state index contributed by atoms with van der Waals surface area (Å²) >= 11 is 7.74. The van der Waals surface area contributed by atoms with Crippen LogP contribution in [-0.2, 0) is 9.59 Å². The largest absolute Gasteiger partial charge is 0.368 e. The van der Waals surface area contributed by atoms with Crippen LogP contribution in [0.4, 0.5) is 11.4 Å². The van der Waals surface area contributed by atoms with Crippen LogP contribution in [0.3, 0.4) is 0 Å². The van der Waals surface area contributed by atoms with E-state index in [4.69, 9.17) is 11.6 Å². The second kappa shape index (κ2) is 8.67. The smallest absolute Gasteiger partial charge is 0.228 e. The van der Waals surface area contributed by atoms with Gasteiger partial charge in [-0.3, -0.25) is 9.59 Å². The first-order chi connectivity index (χ1) is 14.0. The molecule has 0 aliphatic carbocycles. The summed E-state index contributed by atoms with van der Waals surface area (Å²) in [6, 6.07) is 15.7. The van der Waals surface area contributed by atoms with Crippen LogP contribution < -0.4 is 9.80 Å². The van der Waals surface area contributed by atoms with Crippen LogP contribution in [0.25, 0.3) is 0 Å². The molecular weight excluding hydrogens is 406 g/mol. The van der Waals surface area contributed by atoms with Gasteiger partial charge in [-0.25, -0.2) is 0 Å². The molecule has 0 radical (unpaired) electrons. The fraction of sp³-hybridized carbons (Fsp3) is 0.364. The number of thioether (sulfide) groups is 1. The molecule has 0 spiro atoms. The van der Waals surface area contributed by atoms with Gasteiger partial charge in [0, 0.05) is 60.4 Å². The van der Waals surface area contributed by atoms with Crippen LogP contribution in [0, 0.1) is 5.92 Å². The van der Waals surface area contributed by atoms with Gasteiger partial charge in [-0.1, -0.05) is 23.7 Å². The van der Waals surface area contributed by atoms with E-state index in [9.17, 15) is 9.59 Å². The number of nitrogens with zero attached hydrogens (tertiary/aromatic N) is 3. The summed E-state index contributed by atoms with van der Waals surface area (Å²) in [5.74, 6) is -0.148. The summed E-state index contributed by atoms with van der Waals surface area (Å²) in [6.45, 7) is 3.33. The first-order valence-corrected chi connectivity index (χ1v) is 11.4. The Balaban J connectivity index is 1.37. The molecular formula is C22H24ClN3O2S. The van der Waals surface area contributed by atoms with E-state index in [-0.39, 0.29) is 24.2 Å². The second-order valence-corrected chi connectivity index (χ2v) is 8.72. The molecule has 2 amide bonds. The Bertz CT molecular complexity index is 914. The molecule has 2 aliphatic heterocycles. The van der Waals surface area contributed by atoms with Crippen molar-refractivity contribution in [2.75, 3.05) is 48.8 Å². The van der Waals surface area contributed by atoms with Crippen molar-refractivity contribution in [1.29, 1.82) is 0 Å². The molecule has 2 saturated heterocycles. The summed E-state index contributed by atoms with van der Waals surface area (Å²) in [7, 11) is 0. The van der Waals surface area contributed by atoms with E-state index in [1.165, 1.54) is 0 Å². The lowest BCUT2D eigenvalue weighted by Gasteiger charge is -2.37. The van der Waals surface area contributed by atoms with Gasteiger partial charge in [0.15, 0.2) is 0 Å². The molecule has 0 saturated carbocycles. The molecule has 29 heavy (non-hydrogen) atoms. The van der Waals surface area contributed by atoms with E-state index < -0.39 is 0 Å². The normalized spacial score (nSPS) is 19.7. The van der Waals surface area contributed by atoms with Crippen LogP contribution in [0.5, 0.6) is 0 Å². The number of hydrogen-bond acceptors (Lipinski definition) is 4. The highest BCUT2D eigenvalue weighted by Crippen LogP contribution is 2.29. The van der Waals surface area contributed by atoms with Crippen molar-refractivity contribution < 1.29 is 9.59 Å². The Hall–Kier alpha value is -2.18. The number of halogens is 1. The van der Waals surface area contributed by atoms with E-state index >= 15 is 0 Å². The number of benzene rings is 2. The Kier molecular flexibility index (Phi) is 6.01. The lowest BCUT2D eigenvalue weighted by Crippen LogP contribution is -2.50. The minimum atomic E-state index is -0.266. The number of amides is 2. The number of carbonyl (C=O) groups is 2. The van der Waals surface area contributed by atoms with Crippen molar-refractivity contribution in [3.63, 3.8) is 0 Å². The fourth-order valence-corrected chi connectivity index (χ4v) is 4.65. The van der Waals surface area contributed by atoms with Gasteiger partial charge in [-0.05, 0) is 42.7 Å². The Morgan fingerprint density at radius 3 is 2.48 bits per heavy atom. The maximum absolute atomic E-state index is 13.0. The highest BCUT2D eigenvalue weighted by molar-refractivity contribution is 7.98. The molecule has 0 N–H and O–H groups in total. The van der Waals surface area contributed by atoms with Gasteiger partial charge in [0.25, 0.3) is 0 Å². The topological polar surface area (TPSA) is 43.9 Å². The molecule has 0 aromatic heterocycles. The Morgan fingerprint density at radius 1 is 1.03 bits per heavy atom. The number of hydrogen-bond donors (Lipinski definition) is 0. The highest BCUT2D eigenvalue weighted by Gasteiger charge is 2.38. The molecule has 2 heterocycles. The molecule has 152 valence electrons. The summed E-state index contributed by atoms with van der Waals surface area (Å²) in [4.78, 5) is 32.6. The predicted molar refractivity (Wildman–Crippen MR) is 119 cm³/mol. The molecule has 5 nitrogen and oxygen atoms in total. The van der Waals surface area contributed by atoms with Crippen LogP contribution in [0.15, 0.2) is 53.4 Å². The molecule has 2 fully saturated rings. The third kappa shape index (κ3) is 4.38. The van der Waals surface area contributed by atoms with Gasteiger partial charge < -0.3 is 14.7 Å². The van der Waals surface area contributed by atoms with Gasteiger partial charge in [-0.2, -0.15) is 0 Å². The lowest BCUT2D eigenvalue weighted by molar-refractivity contribution is -0.136. The van der Waals surface area contributed by atoms with E-state index in [2.05, 4.69) is 4.90 Å². The zero-order chi connectivity index (χ0) is 20.4. The molecule has 0 bridgehead atoms. The van der Waals surface area contributed by atoms with E-state index in [1.54, 1.807) is 16.7 Å². The number of carbonyl (C=O) groups excluding carboxylic acids is 2. The van der Waals surface area contributed by atoms with Gasteiger partial charge in [0.05, 0.1) is 5.92 Å². The van der Waals surface area contributed by atoms with Crippen LogP contribution in [0.2, 0.25) is 5.02 Å². The average molecular weight is 430 g/mol. The summed E-state index contributed by atoms with van der Waals surface area (Å²) in [5.41, 5.74) is 1.96. The zero-order valence-electron chi connectivity index (χ0n) is 16.4. The molecule has 2 aromatic carbocycles. The average Bonchev–Trinajstić information content (AvgIpc) is 3.15. The molecule has 4 rings (SSSR count). The van der Waals surface area contributed by atoms with Crippen molar-refractivity contribution in [2.45, 2.75) is 11.3 Å². The maximum atomic E-state index is 13.0. The first-order valence-electron chi connectivity index (χ1n) is 9.79. The standard InChI is InChI=1S/C22H24ClN3O2S/c1-29-20-7-3-6-19(14-20)26-15-16(12-21(26)27)22(28)25-10-8-24(9-11-25)18-5-2-4-17(23)13-18/h2-7,13-14,16H,8-12,15H2,1H3. The minimum Gasteiger partial charge on any atom is -0.368 e. The third-order valence-corrected chi connectivity index (χ3v) is 6.56. The van der Waals surface area contributed by atoms with Crippen molar-refractivity contribution in [2.24, 2.45) is 5.92 Å². The van der Waals surface area contributed by atoms with Gasteiger partial charge >= 0.3 is 0 Å². The van der Waals surface area contributed by atoms with Crippen LogP contribution in [-0.4, -0.2) is 55.7 Å². The number of rotatable bonds is 4. The van der Waals surface area contributed by atoms with E-state index in [0.29, 0.717) is 19.6 Å². The Labute approximate surface area is 180 Å². The lowest BCUT2D eigenvalue weighted by atomic mass is 10.1. The fourth-order valence-electron chi connectivity index (χ4n) is 4.02. The third-order valence-electron chi connectivity index (χ3n) is 5.60. The minimum absolute atomic E-state index is 0.0270. The highest BCUT2D eigenvalue weighted by atomic mass is 35.5. The summed E-state index contributed by atoms with van der Waals surface area (Å²) < 4.78 is 0. The van der Waals surface area contributed by atoms with Crippen molar-refractivity contribution in [3.05, 3.63) is 53.6 Å². The predicted octanol–water partition coefficient (Wildman–Crippen LogP) is 3.76. The van der Waals surface area contributed by atoms with Crippen molar-refractivity contribution in [3.8, 4) is 0 Å². The summed E-state index contributed by atoms with van der Waals surface area (Å²) in [5, 5.41) is 0.719. The van der Waals surface area contributed by atoms with Gasteiger partial charge in [-0.15, -0.1) is 11.8 Å². The molecule has 1 atom stereocenters. The van der Waals surface area contributed by atoms with Crippen LogP contribution >= 0.6 is 23.4 Å². The number of piperazine rings is 1. The van der Waals surface area contributed by atoms with E-state index in [1.807, 2.05) is 59.7 Å². The SMILES string of the molecule is CSc1cccc(N2CC(C(=O)N3CCN(c4cccc(Cl)c4)CC3)CC2=O)c1. The van der Waals surface area contributed by atoms with Gasteiger partial charge in [0.1, 0.15) is 0 Å². The van der Waals surface area contributed by atoms with E-state index in [0.717, 1.165) is 34.4 Å². The van der Waals surface area contributed by atoms with Crippen molar-refractivity contribution >= 4 is 46.6 Å². The first kappa shape index (κ1) is 20.1. The monoisotopic (exact) mass is 429 g/mol. The van der Waals surface area contributed by atoms with Crippen LogP contribution in [0.1, 0.15) is 6.42 Å². The summed E-state index contributed by atoms with van der Waals surface area (Å²) in [6.07, 6.45) is 2.30. The molecule has 2 aliphatic rings.